The van der Waals surface area contributed by atoms with Gasteiger partial charge in [0.25, 0.3) is 5.91 Å². The van der Waals surface area contributed by atoms with Crippen molar-refractivity contribution in [2.24, 2.45) is 0 Å². The Morgan fingerprint density at radius 3 is 2.67 bits per heavy atom. The largest absolute Gasteiger partial charge is 0.484 e. The number of morpholine rings is 1. The van der Waals surface area contributed by atoms with Crippen molar-refractivity contribution in [3.8, 4) is 5.75 Å². The van der Waals surface area contributed by atoms with Crippen molar-refractivity contribution in [3.63, 3.8) is 0 Å². The lowest BCUT2D eigenvalue weighted by molar-refractivity contribution is -0.137. The van der Waals surface area contributed by atoms with Crippen molar-refractivity contribution < 1.29 is 14.3 Å². The number of ether oxygens (including phenoxy) is 2. The topological polar surface area (TPSA) is 38.8 Å². The van der Waals surface area contributed by atoms with Crippen molar-refractivity contribution >= 4 is 29.1 Å². The Balaban J connectivity index is 1.86. The van der Waals surface area contributed by atoms with Crippen molar-refractivity contribution in [3.05, 3.63) is 28.2 Å². The molecular weight excluding hydrogens is 277 g/mol. The predicted molar refractivity (Wildman–Crippen MR) is 69.4 cm³/mol. The SMILES string of the molecule is O=C(COc1ccc(Cl)c(Cl)c1)N1CCOCC1. The third kappa shape index (κ3) is 3.51. The van der Waals surface area contributed by atoms with Crippen LogP contribution in [-0.2, 0) is 9.53 Å². The van der Waals surface area contributed by atoms with Gasteiger partial charge in [0.15, 0.2) is 6.61 Å². The molecular formula is C12H13Cl2NO3. The molecule has 0 aromatic heterocycles. The van der Waals surface area contributed by atoms with Crippen molar-refractivity contribution in [1.29, 1.82) is 0 Å². The number of carbonyl (C=O) groups is 1. The van der Waals surface area contributed by atoms with E-state index in [2.05, 4.69) is 0 Å². The number of rotatable bonds is 3. The minimum atomic E-state index is -0.0515. The van der Waals surface area contributed by atoms with Gasteiger partial charge in [0.05, 0.1) is 23.3 Å². The number of carbonyl (C=O) groups excluding carboxylic acids is 1. The van der Waals surface area contributed by atoms with Crippen LogP contribution >= 0.6 is 23.2 Å². The van der Waals surface area contributed by atoms with E-state index in [1.807, 2.05) is 0 Å². The maximum atomic E-state index is 11.8. The number of amides is 1. The molecule has 0 atom stereocenters. The number of hydrogen-bond donors (Lipinski definition) is 0. The standard InChI is InChI=1S/C12H13Cl2NO3/c13-10-2-1-9(7-11(10)14)18-8-12(16)15-3-5-17-6-4-15/h1-2,7H,3-6,8H2. The summed E-state index contributed by atoms with van der Waals surface area (Å²) in [7, 11) is 0. The van der Waals surface area contributed by atoms with E-state index in [1.165, 1.54) is 0 Å². The van der Waals surface area contributed by atoms with Gasteiger partial charge in [-0.15, -0.1) is 0 Å². The van der Waals surface area contributed by atoms with Crippen LogP contribution in [0.25, 0.3) is 0 Å². The molecule has 1 aliphatic heterocycles. The van der Waals surface area contributed by atoms with Crippen LogP contribution in [0.5, 0.6) is 5.75 Å². The lowest BCUT2D eigenvalue weighted by Gasteiger charge is -2.26. The molecule has 0 saturated carbocycles. The molecule has 18 heavy (non-hydrogen) atoms. The summed E-state index contributed by atoms with van der Waals surface area (Å²) >= 11 is 11.6. The molecule has 1 aliphatic rings. The lowest BCUT2D eigenvalue weighted by atomic mass is 10.3. The van der Waals surface area contributed by atoms with Crippen LogP contribution in [-0.4, -0.2) is 43.7 Å². The molecule has 1 heterocycles. The van der Waals surface area contributed by atoms with E-state index < -0.39 is 0 Å². The van der Waals surface area contributed by atoms with Crippen LogP contribution in [0.4, 0.5) is 0 Å². The van der Waals surface area contributed by atoms with Gasteiger partial charge in [-0.05, 0) is 12.1 Å². The molecule has 1 amide bonds. The van der Waals surface area contributed by atoms with Gasteiger partial charge < -0.3 is 14.4 Å². The molecule has 1 aromatic rings. The van der Waals surface area contributed by atoms with Crippen LogP contribution in [0.15, 0.2) is 18.2 Å². The zero-order valence-corrected chi connectivity index (χ0v) is 11.2. The lowest BCUT2D eigenvalue weighted by Crippen LogP contribution is -2.42. The second-order valence-electron chi connectivity index (χ2n) is 3.86. The van der Waals surface area contributed by atoms with Gasteiger partial charge in [-0.25, -0.2) is 0 Å². The zero-order chi connectivity index (χ0) is 13.0. The Morgan fingerprint density at radius 1 is 1.28 bits per heavy atom. The first kappa shape index (κ1) is 13.5. The van der Waals surface area contributed by atoms with Gasteiger partial charge in [0.1, 0.15) is 5.75 Å². The van der Waals surface area contributed by atoms with Crippen LogP contribution in [0.1, 0.15) is 0 Å². The van der Waals surface area contributed by atoms with Crippen molar-refractivity contribution in [1.82, 2.24) is 4.90 Å². The summed E-state index contributed by atoms with van der Waals surface area (Å²) in [5, 5.41) is 0.872. The minimum absolute atomic E-state index is 0.00202. The molecule has 1 aromatic carbocycles. The summed E-state index contributed by atoms with van der Waals surface area (Å²) < 4.78 is 10.6. The molecule has 0 N–H and O–H groups in total. The predicted octanol–water partition coefficient (Wildman–Crippen LogP) is 2.23. The van der Waals surface area contributed by atoms with Gasteiger partial charge >= 0.3 is 0 Å². The summed E-state index contributed by atoms with van der Waals surface area (Å²) in [6.07, 6.45) is 0. The highest BCUT2D eigenvalue weighted by Crippen LogP contribution is 2.26. The second-order valence-corrected chi connectivity index (χ2v) is 4.67. The van der Waals surface area contributed by atoms with E-state index in [0.717, 1.165) is 0 Å². The average Bonchev–Trinajstić information content (AvgIpc) is 2.41. The molecule has 0 radical (unpaired) electrons. The fraction of sp³-hybridized carbons (Fsp3) is 0.417. The van der Waals surface area contributed by atoms with Gasteiger partial charge in [-0.1, -0.05) is 23.2 Å². The highest BCUT2D eigenvalue weighted by atomic mass is 35.5. The van der Waals surface area contributed by atoms with Crippen molar-refractivity contribution in [2.75, 3.05) is 32.9 Å². The summed E-state index contributed by atoms with van der Waals surface area (Å²) in [6.45, 7) is 2.39. The molecule has 4 nitrogen and oxygen atoms in total. The van der Waals surface area contributed by atoms with E-state index in [9.17, 15) is 4.79 Å². The fourth-order valence-corrected chi connectivity index (χ4v) is 1.90. The third-order valence-electron chi connectivity index (χ3n) is 2.62. The minimum Gasteiger partial charge on any atom is -0.484 e. The molecule has 1 fully saturated rings. The van der Waals surface area contributed by atoms with Gasteiger partial charge in [-0.3, -0.25) is 4.79 Å². The van der Waals surface area contributed by atoms with E-state index in [0.29, 0.717) is 42.1 Å². The first-order valence-corrected chi connectivity index (χ1v) is 6.36. The van der Waals surface area contributed by atoms with Crippen LogP contribution < -0.4 is 4.74 Å². The Morgan fingerprint density at radius 2 is 2.00 bits per heavy atom. The molecule has 0 unspecified atom stereocenters. The fourth-order valence-electron chi connectivity index (χ4n) is 1.62. The molecule has 2 rings (SSSR count). The highest BCUT2D eigenvalue weighted by molar-refractivity contribution is 6.42. The smallest absolute Gasteiger partial charge is 0.260 e. The quantitative estimate of drug-likeness (QED) is 0.857. The highest BCUT2D eigenvalue weighted by Gasteiger charge is 2.17. The number of benzene rings is 1. The van der Waals surface area contributed by atoms with Crippen molar-refractivity contribution in [2.45, 2.75) is 0 Å². The van der Waals surface area contributed by atoms with E-state index in [1.54, 1.807) is 23.1 Å². The third-order valence-corrected chi connectivity index (χ3v) is 3.36. The molecule has 98 valence electrons. The monoisotopic (exact) mass is 289 g/mol. The molecule has 6 heteroatoms. The maximum absolute atomic E-state index is 11.8. The van der Waals surface area contributed by atoms with Crippen LogP contribution in [0, 0.1) is 0 Å². The summed E-state index contributed by atoms with van der Waals surface area (Å²) in [6, 6.07) is 4.91. The van der Waals surface area contributed by atoms with E-state index >= 15 is 0 Å². The first-order chi connectivity index (χ1) is 8.66. The average molecular weight is 290 g/mol. The van der Waals surface area contributed by atoms with Crippen LogP contribution in [0.3, 0.4) is 0 Å². The van der Waals surface area contributed by atoms with E-state index in [-0.39, 0.29) is 12.5 Å². The van der Waals surface area contributed by atoms with E-state index in [4.69, 9.17) is 32.7 Å². The first-order valence-electron chi connectivity index (χ1n) is 5.60. The van der Waals surface area contributed by atoms with Crippen LogP contribution in [0.2, 0.25) is 10.0 Å². The maximum Gasteiger partial charge on any atom is 0.260 e. The Kier molecular flexibility index (Phi) is 4.69. The Hall–Kier alpha value is -0.970. The molecule has 0 bridgehead atoms. The molecule has 0 aliphatic carbocycles. The summed E-state index contributed by atoms with van der Waals surface area (Å²) in [5.74, 6) is 0.482. The Bertz CT molecular complexity index is 433. The summed E-state index contributed by atoms with van der Waals surface area (Å²) in [5.41, 5.74) is 0. The summed E-state index contributed by atoms with van der Waals surface area (Å²) in [4.78, 5) is 13.5. The van der Waals surface area contributed by atoms with Gasteiger partial charge in [0, 0.05) is 19.2 Å². The van der Waals surface area contributed by atoms with Gasteiger partial charge in [-0.2, -0.15) is 0 Å². The molecule has 0 spiro atoms. The second kappa shape index (κ2) is 6.27. The van der Waals surface area contributed by atoms with Gasteiger partial charge in [0.2, 0.25) is 0 Å². The zero-order valence-electron chi connectivity index (χ0n) is 9.70. The number of nitrogens with zero attached hydrogens (tertiary/aromatic N) is 1. The normalized spacial score (nSPS) is 15.6. The number of halogens is 2. The molecule has 1 saturated heterocycles. The number of hydrogen-bond acceptors (Lipinski definition) is 3. The Labute approximate surface area is 115 Å².